The van der Waals surface area contributed by atoms with Crippen molar-refractivity contribution in [1.29, 1.82) is 0 Å². The van der Waals surface area contributed by atoms with Crippen molar-refractivity contribution in [2.75, 3.05) is 39.3 Å². The molecule has 0 amide bonds. The van der Waals surface area contributed by atoms with Gasteiger partial charge in [0, 0.05) is 37.3 Å². The van der Waals surface area contributed by atoms with Gasteiger partial charge >= 0.3 is 0 Å². The first-order chi connectivity index (χ1) is 17.0. The molecule has 2 aromatic rings. The van der Waals surface area contributed by atoms with Gasteiger partial charge in [0.25, 0.3) is 20.2 Å². The molecule has 0 saturated carbocycles. The fourth-order valence-corrected chi connectivity index (χ4v) is 4.34. The lowest BCUT2D eigenvalue weighted by Gasteiger charge is -2.10. The molecule has 202 valence electrons. The third-order valence-corrected chi connectivity index (χ3v) is 6.92. The zero-order valence-corrected chi connectivity index (χ0v) is 21.4. The minimum Gasteiger partial charge on any atom is -0.508 e. The third kappa shape index (κ3) is 10.8. The molecular weight excluding hydrogens is 512 g/mol. The maximum atomic E-state index is 11.2. The van der Waals surface area contributed by atoms with E-state index in [4.69, 9.17) is 9.11 Å². The van der Waals surface area contributed by atoms with Crippen molar-refractivity contribution in [2.24, 2.45) is 0 Å². The van der Waals surface area contributed by atoms with Gasteiger partial charge in [-0.1, -0.05) is 0 Å². The maximum absolute atomic E-state index is 11.2. The second-order valence-electron chi connectivity index (χ2n) is 8.09. The van der Waals surface area contributed by atoms with E-state index in [2.05, 4.69) is 21.3 Å². The molecular formula is C22H34N4O8S2. The second kappa shape index (κ2) is 14.4. The molecule has 0 radical (unpaired) electrons. The SMILES string of the molecule is O=S(=O)(O)c1ccc(O)c(CNCCCNCCNCCCNCc2cc(S(=O)(=O)O)ccc2O)c1. The molecule has 8 N–H and O–H groups in total. The van der Waals surface area contributed by atoms with E-state index in [0.29, 0.717) is 24.2 Å². The Bertz CT molecular complexity index is 1100. The first kappa shape index (κ1) is 29.9. The Morgan fingerprint density at radius 1 is 0.556 bits per heavy atom. The van der Waals surface area contributed by atoms with E-state index >= 15 is 0 Å². The van der Waals surface area contributed by atoms with Crippen molar-refractivity contribution in [3.05, 3.63) is 47.5 Å². The van der Waals surface area contributed by atoms with Gasteiger partial charge in [0.05, 0.1) is 9.79 Å². The largest absolute Gasteiger partial charge is 0.508 e. The van der Waals surface area contributed by atoms with Crippen LogP contribution in [-0.4, -0.2) is 75.4 Å². The highest BCUT2D eigenvalue weighted by atomic mass is 32.2. The molecule has 0 spiro atoms. The Morgan fingerprint density at radius 2 is 0.917 bits per heavy atom. The summed E-state index contributed by atoms with van der Waals surface area (Å²) in [5, 5.41) is 32.5. The summed E-state index contributed by atoms with van der Waals surface area (Å²) in [6, 6.07) is 7.24. The third-order valence-electron chi connectivity index (χ3n) is 5.22. The van der Waals surface area contributed by atoms with Gasteiger partial charge in [-0.05, 0) is 75.4 Å². The number of rotatable bonds is 17. The fourth-order valence-electron chi connectivity index (χ4n) is 3.28. The van der Waals surface area contributed by atoms with Gasteiger partial charge in [-0.2, -0.15) is 16.8 Å². The van der Waals surface area contributed by atoms with Crippen molar-refractivity contribution in [3.63, 3.8) is 0 Å². The van der Waals surface area contributed by atoms with Crippen LogP contribution < -0.4 is 21.3 Å². The van der Waals surface area contributed by atoms with Gasteiger partial charge in [0.15, 0.2) is 0 Å². The van der Waals surface area contributed by atoms with Gasteiger partial charge in [-0.15, -0.1) is 0 Å². The summed E-state index contributed by atoms with van der Waals surface area (Å²) in [6.07, 6.45) is 1.66. The van der Waals surface area contributed by atoms with Gasteiger partial charge in [0.2, 0.25) is 0 Å². The molecule has 0 aliphatic heterocycles. The van der Waals surface area contributed by atoms with Crippen LogP contribution >= 0.6 is 0 Å². The number of nitrogens with one attached hydrogen (secondary N) is 4. The van der Waals surface area contributed by atoms with Crippen molar-refractivity contribution in [3.8, 4) is 11.5 Å². The Morgan fingerprint density at radius 3 is 1.28 bits per heavy atom. The average Bonchev–Trinajstić information content (AvgIpc) is 2.79. The summed E-state index contributed by atoms with van der Waals surface area (Å²) in [5.41, 5.74) is 0.778. The lowest BCUT2D eigenvalue weighted by Crippen LogP contribution is -2.30. The molecule has 0 aliphatic carbocycles. The second-order valence-corrected chi connectivity index (χ2v) is 10.9. The topological polar surface area (TPSA) is 197 Å². The van der Waals surface area contributed by atoms with Crippen molar-refractivity contribution in [2.45, 2.75) is 35.7 Å². The standard InChI is InChI=1S/C22H34N4O8S2/c27-21-5-3-19(35(29,30)31)13-17(21)15-25-9-1-7-23-11-12-24-8-2-10-26-16-18-14-20(36(32,33)34)4-6-22(18)28/h3-6,13-14,23-28H,1-2,7-12,15-16H2,(H,29,30,31)(H,32,33,34). The zero-order chi connectivity index (χ0) is 26.6. The minimum absolute atomic E-state index is 0.0428. The van der Waals surface area contributed by atoms with Crippen LogP contribution in [0.2, 0.25) is 0 Å². The summed E-state index contributed by atoms with van der Waals surface area (Å²) in [7, 11) is -8.62. The summed E-state index contributed by atoms with van der Waals surface area (Å²) in [6.45, 7) is 4.97. The van der Waals surface area contributed by atoms with Gasteiger partial charge in [-0.25, -0.2) is 0 Å². The molecule has 0 aliphatic rings. The normalized spacial score (nSPS) is 12.2. The average molecular weight is 547 g/mol. The maximum Gasteiger partial charge on any atom is 0.294 e. The number of hydrogen-bond acceptors (Lipinski definition) is 10. The highest BCUT2D eigenvalue weighted by Crippen LogP contribution is 2.22. The van der Waals surface area contributed by atoms with Crippen LogP contribution in [-0.2, 0) is 33.3 Å². The fraction of sp³-hybridized carbons (Fsp3) is 0.455. The number of aromatic hydroxyl groups is 2. The van der Waals surface area contributed by atoms with E-state index in [0.717, 1.165) is 51.2 Å². The Hall–Kier alpha value is -2.30. The highest BCUT2D eigenvalue weighted by molar-refractivity contribution is 7.86. The first-order valence-corrected chi connectivity index (χ1v) is 14.3. The van der Waals surface area contributed by atoms with Gasteiger partial charge in [-0.3, -0.25) is 9.11 Å². The number of benzene rings is 2. The Kier molecular flexibility index (Phi) is 12.0. The summed E-state index contributed by atoms with van der Waals surface area (Å²) >= 11 is 0. The lowest BCUT2D eigenvalue weighted by molar-refractivity contribution is 0.460. The van der Waals surface area contributed by atoms with E-state index < -0.39 is 20.2 Å². The molecule has 0 atom stereocenters. The van der Waals surface area contributed by atoms with Gasteiger partial charge < -0.3 is 31.5 Å². The van der Waals surface area contributed by atoms with Gasteiger partial charge in [0.1, 0.15) is 11.5 Å². The molecule has 14 heteroatoms. The van der Waals surface area contributed by atoms with E-state index in [1.54, 1.807) is 0 Å². The molecule has 12 nitrogen and oxygen atoms in total. The van der Waals surface area contributed by atoms with E-state index in [1.165, 1.54) is 24.3 Å². The molecule has 0 unspecified atom stereocenters. The van der Waals surface area contributed by atoms with Crippen LogP contribution in [0.25, 0.3) is 0 Å². The van der Waals surface area contributed by atoms with Crippen LogP contribution in [0.15, 0.2) is 46.2 Å². The summed E-state index contributed by atoms with van der Waals surface area (Å²) in [4.78, 5) is -0.515. The van der Waals surface area contributed by atoms with E-state index in [-0.39, 0.29) is 34.4 Å². The Balaban J connectivity index is 1.47. The molecule has 0 heterocycles. The predicted octanol–water partition coefficient (Wildman–Crippen LogP) is 0.430. The quantitative estimate of drug-likeness (QED) is 0.101. The minimum atomic E-state index is -4.31. The molecule has 36 heavy (non-hydrogen) atoms. The van der Waals surface area contributed by atoms with Crippen molar-refractivity contribution >= 4 is 20.2 Å². The highest BCUT2D eigenvalue weighted by Gasteiger charge is 2.13. The zero-order valence-electron chi connectivity index (χ0n) is 19.8. The summed E-state index contributed by atoms with van der Waals surface area (Å²) in [5.74, 6) is -0.0856. The number of phenolic OH excluding ortho intramolecular Hbond substituents is 2. The molecule has 0 saturated heterocycles. The lowest BCUT2D eigenvalue weighted by atomic mass is 10.2. The van der Waals surface area contributed by atoms with Crippen LogP contribution in [0.4, 0.5) is 0 Å². The van der Waals surface area contributed by atoms with Crippen LogP contribution in [0.3, 0.4) is 0 Å². The smallest absolute Gasteiger partial charge is 0.294 e. The van der Waals surface area contributed by atoms with Crippen LogP contribution in [0, 0.1) is 0 Å². The van der Waals surface area contributed by atoms with Crippen molar-refractivity contribution in [1.82, 2.24) is 21.3 Å². The molecule has 2 aromatic carbocycles. The first-order valence-electron chi connectivity index (χ1n) is 11.4. The van der Waals surface area contributed by atoms with Crippen LogP contribution in [0.1, 0.15) is 24.0 Å². The molecule has 0 aromatic heterocycles. The number of phenols is 2. The molecule has 0 fully saturated rings. The predicted molar refractivity (Wildman–Crippen MR) is 134 cm³/mol. The summed E-state index contributed by atoms with van der Waals surface area (Å²) < 4.78 is 63.0. The van der Waals surface area contributed by atoms with Crippen molar-refractivity contribution < 1.29 is 36.2 Å². The monoisotopic (exact) mass is 546 g/mol. The van der Waals surface area contributed by atoms with Crippen LogP contribution in [0.5, 0.6) is 11.5 Å². The van der Waals surface area contributed by atoms with E-state index in [9.17, 15) is 27.0 Å². The Labute approximate surface area is 211 Å². The molecule has 0 bridgehead atoms. The number of hydrogen-bond donors (Lipinski definition) is 8. The van der Waals surface area contributed by atoms with E-state index in [1.807, 2.05) is 0 Å². The molecule has 2 rings (SSSR count).